The van der Waals surface area contributed by atoms with Crippen LogP contribution in [0, 0.1) is 13.8 Å². The molecule has 2 amide bonds. The lowest BCUT2D eigenvalue weighted by Gasteiger charge is -2.34. The van der Waals surface area contributed by atoms with Gasteiger partial charge in [0.05, 0.1) is 4.90 Å². The first kappa shape index (κ1) is 20.2. The van der Waals surface area contributed by atoms with Gasteiger partial charge in [-0.1, -0.05) is 29.5 Å². The minimum atomic E-state index is -3.55. The number of sulfonamides is 1. The smallest absolute Gasteiger partial charge is 0.281 e. The molecule has 2 heterocycles. The van der Waals surface area contributed by atoms with Crippen LogP contribution >= 0.6 is 11.8 Å². The van der Waals surface area contributed by atoms with Crippen molar-refractivity contribution in [3.8, 4) is 0 Å². The van der Waals surface area contributed by atoms with E-state index in [4.69, 9.17) is 0 Å². The molecule has 0 spiro atoms. The van der Waals surface area contributed by atoms with Crippen molar-refractivity contribution in [3.05, 3.63) is 29.3 Å². The number of thioether (sulfide) groups is 1. The number of nitrogens with zero attached hydrogens (tertiary/aromatic N) is 3. The molecule has 2 saturated heterocycles. The second kappa shape index (κ2) is 8.20. The molecule has 0 unspecified atom stereocenters. The number of benzene rings is 1. The van der Waals surface area contributed by atoms with E-state index >= 15 is 0 Å². The van der Waals surface area contributed by atoms with E-state index in [0.717, 1.165) is 16.9 Å². The Hall–Kier alpha value is -1.58. The molecule has 0 atom stereocenters. The van der Waals surface area contributed by atoms with Crippen LogP contribution in [-0.4, -0.2) is 78.7 Å². The first-order valence-electron chi connectivity index (χ1n) is 9.06. The van der Waals surface area contributed by atoms with E-state index in [9.17, 15) is 18.0 Å². The molecule has 148 valence electrons. The molecule has 7 nitrogen and oxygen atoms in total. The fourth-order valence-corrected chi connectivity index (χ4v) is 5.90. The zero-order valence-corrected chi connectivity index (χ0v) is 17.3. The molecule has 2 fully saturated rings. The lowest BCUT2D eigenvalue weighted by Crippen LogP contribution is -2.51. The Balaban J connectivity index is 1.56. The highest BCUT2D eigenvalue weighted by Crippen LogP contribution is 2.22. The summed E-state index contributed by atoms with van der Waals surface area (Å²) in [6, 6.07) is 5.32. The predicted octanol–water partition coefficient (Wildman–Crippen LogP) is 1.70. The average molecular weight is 412 g/mol. The van der Waals surface area contributed by atoms with Crippen LogP contribution in [0.5, 0.6) is 0 Å². The molecule has 2 aliphatic heterocycles. The first-order chi connectivity index (χ1) is 12.8. The van der Waals surface area contributed by atoms with Gasteiger partial charge in [0.15, 0.2) is 0 Å². The molecule has 1 aromatic rings. The van der Waals surface area contributed by atoms with Crippen LogP contribution in [-0.2, 0) is 14.8 Å². The van der Waals surface area contributed by atoms with Gasteiger partial charge in [-0.25, -0.2) is 8.42 Å². The highest BCUT2D eigenvalue weighted by atomic mass is 32.2. The van der Waals surface area contributed by atoms with E-state index in [2.05, 4.69) is 0 Å². The number of amides is 2. The Labute approximate surface area is 164 Å². The minimum Gasteiger partial charge on any atom is -0.340 e. The molecule has 0 aliphatic carbocycles. The van der Waals surface area contributed by atoms with Gasteiger partial charge >= 0.3 is 0 Å². The van der Waals surface area contributed by atoms with Gasteiger partial charge in [0.1, 0.15) is 0 Å². The molecule has 27 heavy (non-hydrogen) atoms. The summed E-state index contributed by atoms with van der Waals surface area (Å²) in [6.07, 6.45) is 0.288. The number of aryl methyl sites for hydroxylation is 2. The molecule has 2 aliphatic rings. The Kier molecular flexibility index (Phi) is 6.12. The average Bonchev–Trinajstić information content (AvgIpc) is 3.04. The van der Waals surface area contributed by atoms with Crippen molar-refractivity contribution < 1.29 is 18.0 Å². The van der Waals surface area contributed by atoms with Crippen molar-refractivity contribution in [2.45, 2.75) is 25.2 Å². The van der Waals surface area contributed by atoms with Gasteiger partial charge in [0, 0.05) is 51.4 Å². The third-order valence-electron chi connectivity index (χ3n) is 4.98. The molecular weight excluding hydrogens is 386 g/mol. The highest BCUT2D eigenvalue weighted by Gasteiger charge is 2.31. The topological polar surface area (TPSA) is 78.0 Å². The maximum Gasteiger partial charge on any atom is 0.281 e. The summed E-state index contributed by atoms with van der Waals surface area (Å²) in [7, 11) is -3.55. The van der Waals surface area contributed by atoms with Gasteiger partial charge in [-0.2, -0.15) is 4.31 Å². The van der Waals surface area contributed by atoms with Gasteiger partial charge in [-0.05, 0) is 25.5 Å². The second-order valence-corrected chi connectivity index (χ2v) is 9.86. The summed E-state index contributed by atoms with van der Waals surface area (Å²) >= 11 is 1.28. The van der Waals surface area contributed by atoms with Gasteiger partial charge in [-0.15, -0.1) is 0 Å². The van der Waals surface area contributed by atoms with Crippen LogP contribution in [0.15, 0.2) is 23.1 Å². The van der Waals surface area contributed by atoms with Crippen LogP contribution in [0.4, 0.5) is 4.79 Å². The van der Waals surface area contributed by atoms with Gasteiger partial charge < -0.3 is 9.80 Å². The van der Waals surface area contributed by atoms with E-state index in [1.807, 2.05) is 13.0 Å². The Morgan fingerprint density at radius 3 is 2.41 bits per heavy atom. The fraction of sp³-hybridized carbons (Fsp3) is 0.556. The minimum absolute atomic E-state index is 0.0248. The van der Waals surface area contributed by atoms with E-state index in [-0.39, 0.29) is 17.6 Å². The molecule has 1 aromatic carbocycles. The molecule has 3 rings (SSSR count). The second-order valence-electron chi connectivity index (χ2n) is 6.91. The Morgan fingerprint density at radius 1 is 1.11 bits per heavy atom. The van der Waals surface area contributed by atoms with Crippen LogP contribution in [0.25, 0.3) is 0 Å². The molecular formula is C18H25N3O4S2. The van der Waals surface area contributed by atoms with Crippen LogP contribution in [0.1, 0.15) is 17.5 Å². The maximum atomic E-state index is 12.9. The van der Waals surface area contributed by atoms with Crippen molar-refractivity contribution in [1.82, 2.24) is 14.1 Å². The van der Waals surface area contributed by atoms with Crippen molar-refractivity contribution in [2.75, 3.05) is 45.0 Å². The monoisotopic (exact) mass is 411 g/mol. The number of hydrogen-bond donors (Lipinski definition) is 0. The summed E-state index contributed by atoms with van der Waals surface area (Å²) in [6.45, 7) is 6.21. The van der Waals surface area contributed by atoms with E-state index < -0.39 is 10.0 Å². The summed E-state index contributed by atoms with van der Waals surface area (Å²) in [5.74, 6) is 0.755. The van der Waals surface area contributed by atoms with E-state index in [1.54, 1.807) is 28.9 Å². The maximum absolute atomic E-state index is 12.9. The van der Waals surface area contributed by atoms with E-state index in [1.165, 1.54) is 16.1 Å². The van der Waals surface area contributed by atoms with Gasteiger partial charge in [0.25, 0.3) is 5.24 Å². The normalized spacial score (nSPS) is 19.0. The number of carbonyl (C=O) groups is 2. The third kappa shape index (κ3) is 4.47. The molecule has 0 saturated carbocycles. The largest absolute Gasteiger partial charge is 0.340 e. The SMILES string of the molecule is Cc1ccc(S(=O)(=O)N2CCN(C(=O)CCN3CCSC3=O)CC2)c(C)c1. The quantitative estimate of drug-likeness (QED) is 0.737. The van der Waals surface area contributed by atoms with Crippen LogP contribution in [0.3, 0.4) is 0 Å². The predicted molar refractivity (Wildman–Crippen MR) is 105 cm³/mol. The van der Waals surface area contributed by atoms with Crippen molar-refractivity contribution >= 4 is 32.9 Å². The summed E-state index contributed by atoms with van der Waals surface area (Å²) in [5.41, 5.74) is 1.76. The first-order valence-corrected chi connectivity index (χ1v) is 11.5. The lowest BCUT2D eigenvalue weighted by atomic mass is 10.2. The Morgan fingerprint density at radius 2 is 1.81 bits per heavy atom. The molecule has 0 radical (unpaired) electrons. The van der Waals surface area contributed by atoms with Crippen molar-refractivity contribution in [3.63, 3.8) is 0 Å². The zero-order valence-electron chi connectivity index (χ0n) is 15.7. The van der Waals surface area contributed by atoms with Crippen LogP contribution in [0.2, 0.25) is 0 Å². The number of rotatable bonds is 5. The molecule has 0 aromatic heterocycles. The van der Waals surface area contributed by atoms with Gasteiger partial charge in [-0.3, -0.25) is 9.59 Å². The van der Waals surface area contributed by atoms with Crippen molar-refractivity contribution in [1.29, 1.82) is 0 Å². The number of piperazine rings is 1. The zero-order chi connectivity index (χ0) is 19.6. The number of hydrogen-bond acceptors (Lipinski definition) is 5. The molecule has 0 N–H and O–H groups in total. The van der Waals surface area contributed by atoms with Crippen LogP contribution < -0.4 is 0 Å². The molecule has 9 heteroatoms. The van der Waals surface area contributed by atoms with Gasteiger partial charge in [0.2, 0.25) is 15.9 Å². The standard InChI is InChI=1S/C18H25N3O4S2/c1-14-3-4-16(15(2)13-14)27(24,25)21-9-7-19(8-10-21)17(22)5-6-20-11-12-26-18(20)23/h3-4,13H,5-12H2,1-2H3. The number of carbonyl (C=O) groups excluding carboxylic acids is 2. The highest BCUT2D eigenvalue weighted by molar-refractivity contribution is 8.13. The summed E-state index contributed by atoms with van der Waals surface area (Å²) in [5, 5.41) is 0.0344. The van der Waals surface area contributed by atoms with E-state index in [0.29, 0.717) is 44.2 Å². The fourth-order valence-electron chi connectivity index (χ4n) is 3.42. The summed E-state index contributed by atoms with van der Waals surface area (Å²) < 4.78 is 27.3. The third-order valence-corrected chi connectivity index (χ3v) is 7.93. The van der Waals surface area contributed by atoms with Crippen molar-refractivity contribution in [2.24, 2.45) is 0 Å². The molecule has 0 bridgehead atoms. The summed E-state index contributed by atoms with van der Waals surface area (Å²) in [4.78, 5) is 27.7. The lowest BCUT2D eigenvalue weighted by molar-refractivity contribution is -0.132. The Bertz CT molecular complexity index is 833.